The Bertz CT molecular complexity index is 1360. The summed E-state index contributed by atoms with van der Waals surface area (Å²) in [4.78, 5) is 0.561. The summed E-state index contributed by atoms with van der Waals surface area (Å²) in [5, 5.41) is 7.20. The maximum atomic E-state index is 12.5. The van der Waals surface area contributed by atoms with Gasteiger partial charge in [-0.15, -0.1) is 0 Å². The zero-order chi connectivity index (χ0) is 18.6. The Morgan fingerprint density at radius 3 is 2.33 bits per heavy atom. The maximum Gasteiger partial charge on any atom is 0.174 e. The minimum atomic E-state index is -3.16. The van der Waals surface area contributed by atoms with Gasteiger partial charge in [-0.3, -0.25) is 0 Å². The number of allylic oxidation sites excluding steroid dienone is 1. The van der Waals surface area contributed by atoms with Crippen LogP contribution in [0.2, 0.25) is 0 Å². The molecule has 0 radical (unpaired) electrons. The fourth-order valence-electron chi connectivity index (χ4n) is 4.22. The van der Waals surface area contributed by atoms with Crippen molar-refractivity contribution >= 4 is 48.2 Å². The number of hydrogen-bond donors (Lipinski definition) is 0. The van der Waals surface area contributed by atoms with Gasteiger partial charge in [-0.2, -0.15) is 0 Å². The Labute approximate surface area is 159 Å². The van der Waals surface area contributed by atoms with Crippen LogP contribution in [0.3, 0.4) is 0 Å². The summed E-state index contributed by atoms with van der Waals surface area (Å²) in [6.45, 7) is 1.91. The topological polar surface area (TPSA) is 34.1 Å². The van der Waals surface area contributed by atoms with Crippen molar-refractivity contribution < 1.29 is 8.42 Å². The molecule has 0 atom stereocenters. The summed E-state index contributed by atoms with van der Waals surface area (Å²) in [6, 6.07) is 21.4. The molecule has 4 aromatic carbocycles. The Morgan fingerprint density at radius 1 is 0.815 bits per heavy atom. The lowest BCUT2D eigenvalue weighted by Gasteiger charge is -2.09. The van der Waals surface area contributed by atoms with Crippen LogP contribution < -0.4 is 0 Å². The fourth-order valence-corrected chi connectivity index (χ4v) is 5.69. The van der Waals surface area contributed by atoms with Gasteiger partial charge in [0, 0.05) is 11.3 Å². The molecular formula is C24H20O2S. The molecule has 1 aliphatic carbocycles. The normalized spacial score (nSPS) is 14.0. The van der Waals surface area contributed by atoms with Crippen LogP contribution in [0.25, 0.3) is 38.4 Å². The Hall–Kier alpha value is -2.65. The third-order valence-corrected chi connectivity index (χ3v) is 7.56. The van der Waals surface area contributed by atoms with E-state index in [0.717, 1.165) is 16.5 Å². The SMILES string of the molecule is CCCS(=O)(=O)C1=Cc2c(ccc3c2ccc2cc4ccccc4cc23)C1. The van der Waals surface area contributed by atoms with Gasteiger partial charge in [-0.25, -0.2) is 8.42 Å². The third-order valence-electron chi connectivity index (χ3n) is 5.56. The van der Waals surface area contributed by atoms with Crippen molar-refractivity contribution in [1.82, 2.24) is 0 Å². The van der Waals surface area contributed by atoms with E-state index in [4.69, 9.17) is 0 Å². The number of fused-ring (bicyclic) bond motifs is 6. The van der Waals surface area contributed by atoms with Gasteiger partial charge >= 0.3 is 0 Å². The van der Waals surface area contributed by atoms with E-state index < -0.39 is 9.84 Å². The molecule has 0 heterocycles. The molecule has 0 spiro atoms. The lowest BCUT2D eigenvalue weighted by Crippen LogP contribution is -2.08. The molecule has 2 nitrogen and oxygen atoms in total. The Morgan fingerprint density at radius 2 is 1.56 bits per heavy atom. The summed E-state index contributed by atoms with van der Waals surface area (Å²) in [5.74, 6) is 0.222. The molecule has 0 saturated carbocycles. The second-order valence-corrected chi connectivity index (χ2v) is 9.49. The molecule has 0 aliphatic heterocycles. The minimum absolute atomic E-state index is 0.222. The van der Waals surface area contributed by atoms with E-state index in [9.17, 15) is 8.42 Å². The number of sulfone groups is 1. The Balaban J connectivity index is 1.77. The minimum Gasteiger partial charge on any atom is -0.224 e. The standard InChI is InChI=1S/C24H20O2S/c1-2-11-27(25,26)20-13-19-8-10-21-22(24(19)15-20)9-7-18-12-16-5-3-4-6-17(16)14-23(18)21/h3-10,12,14-15H,2,11,13H2,1H3. The predicted octanol–water partition coefficient (Wildman–Crippen LogP) is 5.87. The molecular weight excluding hydrogens is 352 g/mol. The molecule has 134 valence electrons. The molecule has 0 unspecified atom stereocenters. The van der Waals surface area contributed by atoms with Crippen LogP contribution in [-0.4, -0.2) is 14.2 Å². The molecule has 0 saturated heterocycles. The van der Waals surface area contributed by atoms with Crippen LogP contribution in [0.1, 0.15) is 24.5 Å². The molecule has 4 aromatic rings. The lowest BCUT2D eigenvalue weighted by atomic mass is 9.94. The highest BCUT2D eigenvalue weighted by Crippen LogP contribution is 2.37. The summed E-state index contributed by atoms with van der Waals surface area (Å²) in [6.07, 6.45) is 3.06. The van der Waals surface area contributed by atoms with Crippen LogP contribution in [0.15, 0.2) is 65.6 Å². The number of benzene rings is 4. The summed E-state index contributed by atoms with van der Waals surface area (Å²) in [7, 11) is -3.16. The largest absolute Gasteiger partial charge is 0.224 e. The van der Waals surface area contributed by atoms with Crippen molar-refractivity contribution in [3.63, 3.8) is 0 Å². The lowest BCUT2D eigenvalue weighted by molar-refractivity contribution is 0.600. The van der Waals surface area contributed by atoms with E-state index in [-0.39, 0.29) is 5.75 Å². The van der Waals surface area contributed by atoms with Crippen molar-refractivity contribution in [2.75, 3.05) is 5.75 Å². The van der Waals surface area contributed by atoms with E-state index in [1.54, 1.807) is 0 Å². The van der Waals surface area contributed by atoms with Crippen LogP contribution in [0, 0.1) is 0 Å². The van der Waals surface area contributed by atoms with Gasteiger partial charge in [0.05, 0.1) is 5.75 Å². The van der Waals surface area contributed by atoms with Crippen molar-refractivity contribution in [2.24, 2.45) is 0 Å². The van der Waals surface area contributed by atoms with Crippen molar-refractivity contribution in [3.8, 4) is 0 Å². The van der Waals surface area contributed by atoms with Gasteiger partial charge in [-0.1, -0.05) is 55.5 Å². The average molecular weight is 372 g/mol. The summed E-state index contributed by atoms with van der Waals surface area (Å²) >= 11 is 0. The Kier molecular flexibility index (Phi) is 3.63. The molecule has 3 heteroatoms. The van der Waals surface area contributed by atoms with E-state index in [1.807, 2.05) is 13.0 Å². The molecule has 5 rings (SSSR count). The van der Waals surface area contributed by atoms with Crippen molar-refractivity contribution in [2.45, 2.75) is 19.8 Å². The zero-order valence-electron chi connectivity index (χ0n) is 15.2. The van der Waals surface area contributed by atoms with Gasteiger partial charge < -0.3 is 0 Å². The summed E-state index contributed by atoms with van der Waals surface area (Å²) < 4.78 is 25.1. The van der Waals surface area contributed by atoms with Crippen molar-refractivity contribution in [3.05, 3.63) is 76.7 Å². The first-order valence-corrected chi connectivity index (χ1v) is 11.0. The third kappa shape index (κ3) is 2.57. The van der Waals surface area contributed by atoms with Gasteiger partial charge in [0.25, 0.3) is 0 Å². The first kappa shape index (κ1) is 16.5. The molecule has 0 aromatic heterocycles. The molecule has 0 amide bonds. The fraction of sp³-hybridized carbons (Fsp3) is 0.167. The summed E-state index contributed by atoms with van der Waals surface area (Å²) in [5.41, 5.74) is 2.18. The average Bonchev–Trinajstić information content (AvgIpc) is 3.12. The molecule has 0 bridgehead atoms. The number of hydrogen-bond acceptors (Lipinski definition) is 2. The highest BCUT2D eigenvalue weighted by molar-refractivity contribution is 7.95. The number of rotatable bonds is 3. The molecule has 0 fully saturated rings. The van der Waals surface area contributed by atoms with Gasteiger partial charge in [0.15, 0.2) is 9.84 Å². The molecule has 1 aliphatic rings. The second kappa shape index (κ2) is 5.93. The molecule has 0 N–H and O–H groups in total. The van der Waals surface area contributed by atoms with E-state index in [1.165, 1.54) is 26.9 Å². The van der Waals surface area contributed by atoms with Crippen LogP contribution in [-0.2, 0) is 16.3 Å². The second-order valence-electron chi connectivity index (χ2n) is 7.33. The van der Waals surface area contributed by atoms with Crippen LogP contribution in [0.5, 0.6) is 0 Å². The van der Waals surface area contributed by atoms with E-state index in [0.29, 0.717) is 17.7 Å². The monoisotopic (exact) mass is 372 g/mol. The van der Waals surface area contributed by atoms with Crippen LogP contribution >= 0.6 is 0 Å². The van der Waals surface area contributed by atoms with E-state index >= 15 is 0 Å². The van der Waals surface area contributed by atoms with E-state index in [2.05, 4.69) is 60.7 Å². The first-order valence-electron chi connectivity index (χ1n) is 9.37. The van der Waals surface area contributed by atoms with Gasteiger partial charge in [0.2, 0.25) is 0 Å². The predicted molar refractivity (Wildman–Crippen MR) is 115 cm³/mol. The smallest absolute Gasteiger partial charge is 0.174 e. The highest BCUT2D eigenvalue weighted by Gasteiger charge is 2.24. The quantitative estimate of drug-likeness (QED) is 0.333. The van der Waals surface area contributed by atoms with Crippen molar-refractivity contribution in [1.29, 1.82) is 0 Å². The highest BCUT2D eigenvalue weighted by atomic mass is 32.2. The van der Waals surface area contributed by atoms with Gasteiger partial charge in [0.1, 0.15) is 0 Å². The molecule has 27 heavy (non-hydrogen) atoms. The van der Waals surface area contributed by atoms with Crippen LogP contribution in [0.4, 0.5) is 0 Å². The zero-order valence-corrected chi connectivity index (χ0v) is 16.0. The first-order chi connectivity index (χ1) is 13.1. The maximum absolute atomic E-state index is 12.5. The van der Waals surface area contributed by atoms with Gasteiger partial charge in [-0.05, 0) is 68.1 Å².